The molecule has 1 aromatic rings. The smallest absolute Gasteiger partial charge is 0.410 e. The average Bonchev–Trinajstić information content (AvgIpc) is 2.58. The summed E-state index contributed by atoms with van der Waals surface area (Å²) in [5.41, 5.74) is 0.736. The van der Waals surface area contributed by atoms with Gasteiger partial charge in [-0.15, -0.1) is 0 Å². The summed E-state index contributed by atoms with van der Waals surface area (Å²) in [6.07, 6.45) is 0.302. The third kappa shape index (κ3) is 2.42. The molecule has 0 radical (unpaired) electrons. The second-order valence-corrected chi connectivity index (χ2v) is 7.36. The van der Waals surface area contributed by atoms with Crippen LogP contribution >= 0.6 is 11.6 Å². The Balaban J connectivity index is 1.72. The molecular weight excluding hydrogens is 290 g/mol. The zero-order valence-corrected chi connectivity index (χ0v) is 13.2. The van der Waals surface area contributed by atoms with Crippen molar-refractivity contribution in [3.8, 4) is 0 Å². The van der Waals surface area contributed by atoms with E-state index in [-0.39, 0.29) is 11.9 Å². The molecule has 1 amide bonds. The fourth-order valence-corrected chi connectivity index (χ4v) is 3.25. The van der Waals surface area contributed by atoms with Crippen LogP contribution in [-0.2, 0) is 11.2 Å². The van der Waals surface area contributed by atoms with Crippen molar-refractivity contribution in [2.24, 2.45) is 5.41 Å². The van der Waals surface area contributed by atoms with Gasteiger partial charge in [0.05, 0.1) is 5.41 Å². The van der Waals surface area contributed by atoms with Gasteiger partial charge in [-0.25, -0.2) is 4.79 Å². The molecule has 0 atom stereocenters. The molecule has 0 unspecified atom stereocenters. The number of nitrogens with zero attached hydrogens (tertiary/aromatic N) is 1. The molecule has 4 nitrogen and oxygen atoms in total. The monoisotopic (exact) mass is 307 g/mol. The normalized spacial score (nSPS) is 19.4. The van der Waals surface area contributed by atoms with Crippen molar-refractivity contribution in [1.82, 2.24) is 4.90 Å². The molecule has 1 aliphatic heterocycles. The van der Waals surface area contributed by atoms with E-state index in [1.165, 1.54) is 0 Å². The van der Waals surface area contributed by atoms with Gasteiger partial charge < -0.3 is 9.64 Å². The SMILES string of the molecule is CC(C)(C)OC(=O)N1CC2(Cc3cc(Cl)ccc3C2=O)C1. The highest BCUT2D eigenvalue weighted by Crippen LogP contribution is 2.44. The molecule has 0 bridgehead atoms. The number of likely N-dealkylation sites (tertiary alicyclic amines) is 1. The first-order chi connectivity index (χ1) is 9.70. The quantitative estimate of drug-likeness (QED) is 0.738. The average molecular weight is 308 g/mol. The van der Waals surface area contributed by atoms with E-state index in [0.29, 0.717) is 24.5 Å². The highest BCUT2D eigenvalue weighted by Gasteiger charge is 2.55. The summed E-state index contributed by atoms with van der Waals surface area (Å²) in [5.74, 6) is 0.119. The van der Waals surface area contributed by atoms with E-state index in [9.17, 15) is 9.59 Å². The second-order valence-electron chi connectivity index (χ2n) is 6.92. The van der Waals surface area contributed by atoms with Gasteiger partial charge in [-0.1, -0.05) is 11.6 Å². The molecule has 1 spiro atoms. The number of carbonyl (C=O) groups is 2. The molecule has 1 aliphatic carbocycles. The lowest BCUT2D eigenvalue weighted by Gasteiger charge is -2.46. The van der Waals surface area contributed by atoms with Crippen molar-refractivity contribution in [3.63, 3.8) is 0 Å². The topological polar surface area (TPSA) is 46.6 Å². The number of fused-ring (bicyclic) bond motifs is 1. The molecule has 2 aliphatic rings. The summed E-state index contributed by atoms with van der Waals surface area (Å²) >= 11 is 5.98. The van der Waals surface area contributed by atoms with Crippen LogP contribution in [0.25, 0.3) is 0 Å². The summed E-state index contributed by atoms with van der Waals surface area (Å²) in [5, 5.41) is 0.641. The molecule has 3 rings (SSSR count). The Kier molecular flexibility index (Phi) is 3.06. The number of ketones is 1. The van der Waals surface area contributed by atoms with Crippen molar-refractivity contribution in [2.75, 3.05) is 13.1 Å². The largest absolute Gasteiger partial charge is 0.444 e. The molecular formula is C16H18ClNO3. The first-order valence-electron chi connectivity index (χ1n) is 7.01. The molecule has 0 aromatic heterocycles. The number of hydrogen-bond acceptors (Lipinski definition) is 3. The van der Waals surface area contributed by atoms with Crippen molar-refractivity contribution in [3.05, 3.63) is 34.3 Å². The van der Waals surface area contributed by atoms with Gasteiger partial charge in [-0.2, -0.15) is 0 Å². The third-order valence-corrected chi connectivity index (χ3v) is 4.20. The minimum absolute atomic E-state index is 0.119. The lowest BCUT2D eigenvalue weighted by Crippen LogP contribution is -2.62. The van der Waals surface area contributed by atoms with E-state index in [2.05, 4.69) is 0 Å². The van der Waals surface area contributed by atoms with Gasteiger partial charge in [0.15, 0.2) is 5.78 Å². The summed E-state index contributed by atoms with van der Waals surface area (Å²) < 4.78 is 5.33. The van der Waals surface area contributed by atoms with E-state index in [4.69, 9.17) is 16.3 Å². The molecule has 112 valence electrons. The van der Waals surface area contributed by atoms with E-state index < -0.39 is 11.0 Å². The van der Waals surface area contributed by atoms with Gasteiger partial charge in [-0.3, -0.25) is 4.79 Å². The summed E-state index contributed by atoms with van der Waals surface area (Å²) in [4.78, 5) is 26.1. The lowest BCUT2D eigenvalue weighted by atomic mass is 9.76. The van der Waals surface area contributed by atoms with Crippen LogP contribution < -0.4 is 0 Å². The Bertz CT molecular complexity index is 627. The fourth-order valence-electron chi connectivity index (χ4n) is 3.06. The number of amides is 1. The molecule has 0 N–H and O–H groups in total. The highest BCUT2D eigenvalue weighted by atomic mass is 35.5. The summed E-state index contributed by atoms with van der Waals surface area (Å²) in [7, 11) is 0. The first-order valence-corrected chi connectivity index (χ1v) is 7.39. The Labute approximate surface area is 129 Å². The maximum absolute atomic E-state index is 12.5. The highest BCUT2D eigenvalue weighted by molar-refractivity contribution is 6.30. The number of halogens is 1. The third-order valence-electron chi connectivity index (χ3n) is 3.96. The molecule has 1 fully saturated rings. The Morgan fingerprint density at radius 2 is 2.00 bits per heavy atom. The predicted octanol–water partition coefficient (Wildman–Crippen LogP) is 3.32. The van der Waals surface area contributed by atoms with Crippen LogP contribution in [0.15, 0.2) is 18.2 Å². The minimum atomic E-state index is -0.518. The zero-order valence-electron chi connectivity index (χ0n) is 12.4. The maximum atomic E-state index is 12.5. The molecule has 1 heterocycles. The van der Waals surface area contributed by atoms with Crippen molar-refractivity contribution >= 4 is 23.5 Å². The zero-order chi connectivity index (χ0) is 15.4. The van der Waals surface area contributed by atoms with Crippen LogP contribution in [0.2, 0.25) is 5.02 Å². The number of ether oxygens (including phenoxy) is 1. The van der Waals surface area contributed by atoms with Gasteiger partial charge in [0.2, 0.25) is 0 Å². The Morgan fingerprint density at radius 3 is 2.62 bits per heavy atom. The van der Waals surface area contributed by atoms with Crippen LogP contribution in [0, 0.1) is 5.41 Å². The van der Waals surface area contributed by atoms with Gasteiger partial charge in [0, 0.05) is 23.7 Å². The second kappa shape index (κ2) is 4.47. The molecule has 1 aromatic carbocycles. The first kappa shape index (κ1) is 14.4. The lowest BCUT2D eigenvalue weighted by molar-refractivity contribution is -0.0225. The standard InChI is InChI=1S/C16H18ClNO3/c1-15(2,3)21-14(20)18-8-16(9-18)7-10-6-11(17)4-5-12(10)13(16)19/h4-6H,7-9H2,1-3H3. The molecule has 21 heavy (non-hydrogen) atoms. The van der Waals surface area contributed by atoms with E-state index in [1.807, 2.05) is 26.8 Å². The maximum Gasteiger partial charge on any atom is 0.410 e. The van der Waals surface area contributed by atoms with Gasteiger partial charge in [-0.05, 0) is 51.0 Å². The fraction of sp³-hybridized carbons (Fsp3) is 0.500. The van der Waals surface area contributed by atoms with Crippen LogP contribution in [0.1, 0.15) is 36.7 Å². The van der Waals surface area contributed by atoms with E-state index in [1.54, 1.807) is 17.0 Å². The number of hydrogen-bond donors (Lipinski definition) is 0. The van der Waals surface area contributed by atoms with Gasteiger partial charge in [0.25, 0.3) is 0 Å². The van der Waals surface area contributed by atoms with E-state index >= 15 is 0 Å². The minimum Gasteiger partial charge on any atom is -0.444 e. The van der Waals surface area contributed by atoms with Crippen LogP contribution in [0.5, 0.6) is 0 Å². The summed E-state index contributed by atoms with van der Waals surface area (Å²) in [6.45, 7) is 6.34. The van der Waals surface area contributed by atoms with Gasteiger partial charge in [0.1, 0.15) is 5.60 Å². The summed E-state index contributed by atoms with van der Waals surface area (Å²) in [6, 6.07) is 5.37. The van der Waals surface area contributed by atoms with Gasteiger partial charge >= 0.3 is 6.09 Å². The van der Waals surface area contributed by atoms with E-state index in [0.717, 1.165) is 11.1 Å². The van der Waals surface area contributed by atoms with Crippen LogP contribution in [0.4, 0.5) is 4.79 Å². The number of carbonyl (C=O) groups excluding carboxylic acids is 2. The Morgan fingerprint density at radius 1 is 1.33 bits per heavy atom. The van der Waals surface area contributed by atoms with Crippen LogP contribution in [0.3, 0.4) is 0 Å². The van der Waals surface area contributed by atoms with Crippen LogP contribution in [-0.4, -0.2) is 35.5 Å². The Hall–Kier alpha value is -1.55. The molecule has 1 saturated heterocycles. The van der Waals surface area contributed by atoms with Crippen molar-refractivity contribution in [2.45, 2.75) is 32.8 Å². The van der Waals surface area contributed by atoms with Crippen molar-refractivity contribution < 1.29 is 14.3 Å². The number of rotatable bonds is 0. The van der Waals surface area contributed by atoms with Crippen molar-refractivity contribution in [1.29, 1.82) is 0 Å². The molecule has 0 saturated carbocycles. The molecule has 5 heteroatoms. The number of Topliss-reactive ketones (excluding diaryl/α,β-unsaturated/α-hetero) is 1. The predicted molar refractivity (Wildman–Crippen MR) is 79.7 cm³/mol. The number of benzene rings is 1.